The quantitative estimate of drug-likeness (QED) is 0.0592. The van der Waals surface area contributed by atoms with Gasteiger partial charge in [-0.3, -0.25) is 0 Å². The fourth-order valence-corrected chi connectivity index (χ4v) is 5.14. The molecule has 0 amide bonds. The maximum atomic E-state index is 6.22. The highest BCUT2D eigenvalue weighted by Crippen LogP contribution is 2.14. The molecule has 0 aliphatic carbocycles. The lowest BCUT2D eigenvalue weighted by Gasteiger charge is -2.30. The SMILES string of the molecule is CCCCCCCCCCCC[N+](C)(C)CCCCO[N+](C)(C)CCCCCCCCCCCC. The summed E-state index contributed by atoms with van der Waals surface area (Å²) in [7, 11) is 9.30. The van der Waals surface area contributed by atoms with Gasteiger partial charge < -0.3 is 4.48 Å². The van der Waals surface area contributed by atoms with Crippen molar-refractivity contribution >= 4 is 0 Å². The highest BCUT2D eigenvalue weighted by Gasteiger charge is 2.17. The summed E-state index contributed by atoms with van der Waals surface area (Å²) >= 11 is 0. The van der Waals surface area contributed by atoms with Crippen LogP contribution in [0.4, 0.5) is 0 Å². The topological polar surface area (TPSA) is 9.23 Å². The highest BCUT2D eigenvalue weighted by atomic mass is 16.7. The van der Waals surface area contributed by atoms with E-state index in [1.54, 1.807) is 0 Å². The van der Waals surface area contributed by atoms with Gasteiger partial charge in [-0.1, -0.05) is 117 Å². The van der Waals surface area contributed by atoms with Crippen LogP contribution in [0.3, 0.4) is 0 Å². The standard InChI is InChI=1S/C32H70N2O/c1-7-9-11-13-15-17-19-21-23-25-29-33(3,4)30-27-28-32-35-34(5,6)31-26-24-22-20-18-16-14-12-10-8-2/h7-32H2,1-6H3/q+2. The molecule has 0 heterocycles. The number of unbranched alkanes of at least 4 members (excludes halogenated alkanes) is 19. The van der Waals surface area contributed by atoms with E-state index in [1.807, 2.05) is 0 Å². The van der Waals surface area contributed by atoms with Gasteiger partial charge in [-0.05, 0) is 38.5 Å². The highest BCUT2D eigenvalue weighted by molar-refractivity contribution is 4.49. The molecule has 0 fully saturated rings. The van der Waals surface area contributed by atoms with E-state index >= 15 is 0 Å². The summed E-state index contributed by atoms with van der Waals surface area (Å²) < 4.78 is 1.90. The van der Waals surface area contributed by atoms with Crippen LogP contribution in [0.1, 0.15) is 155 Å². The molecule has 3 nitrogen and oxygen atoms in total. The Labute approximate surface area is 223 Å². The normalized spacial score (nSPS) is 12.5. The number of rotatable bonds is 28. The molecule has 212 valence electrons. The Bertz CT molecular complexity index is 384. The number of hydrogen-bond acceptors (Lipinski definition) is 1. The van der Waals surface area contributed by atoms with E-state index in [9.17, 15) is 0 Å². The van der Waals surface area contributed by atoms with Crippen LogP contribution in [0.2, 0.25) is 0 Å². The van der Waals surface area contributed by atoms with Crippen LogP contribution >= 0.6 is 0 Å². The predicted molar refractivity (Wildman–Crippen MR) is 158 cm³/mol. The average molecular weight is 499 g/mol. The smallest absolute Gasteiger partial charge is 0.108 e. The van der Waals surface area contributed by atoms with Gasteiger partial charge in [-0.25, -0.2) is 4.84 Å². The van der Waals surface area contributed by atoms with Crippen molar-refractivity contribution in [2.45, 2.75) is 155 Å². The molecule has 0 aromatic heterocycles. The third-order valence-corrected chi connectivity index (χ3v) is 7.77. The first-order valence-electron chi connectivity index (χ1n) is 16.1. The molecule has 0 N–H and O–H groups in total. The van der Waals surface area contributed by atoms with E-state index in [1.165, 1.54) is 159 Å². The number of quaternary nitrogens is 2. The largest absolute Gasteiger partial charge is 0.328 e. The molecule has 0 atom stereocenters. The minimum Gasteiger partial charge on any atom is -0.328 e. The summed E-state index contributed by atoms with van der Waals surface area (Å²) in [4.78, 5) is 6.22. The van der Waals surface area contributed by atoms with Crippen LogP contribution in [0.15, 0.2) is 0 Å². The van der Waals surface area contributed by atoms with Gasteiger partial charge in [-0.15, -0.1) is 0 Å². The van der Waals surface area contributed by atoms with E-state index in [0.29, 0.717) is 0 Å². The zero-order chi connectivity index (χ0) is 26.1. The van der Waals surface area contributed by atoms with Gasteiger partial charge in [0.25, 0.3) is 0 Å². The molecule has 0 saturated heterocycles. The Kier molecular flexibility index (Phi) is 24.1. The van der Waals surface area contributed by atoms with Gasteiger partial charge >= 0.3 is 0 Å². The van der Waals surface area contributed by atoms with Gasteiger partial charge in [0.1, 0.15) is 13.2 Å². The molecular formula is C32H70N2O+2. The van der Waals surface area contributed by atoms with Crippen LogP contribution in [0.5, 0.6) is 0 Å². The minimum atomic E-state index is 0.730. The summed E-state index contributed by atoms with van der Waals surface area (Å²) in [6.45, 7) is 9.27. The molecule has 0 radical (unpaired) electrons. The van der Waals surface area contributed by atoms with Crippen molar-refractivity contribution in [2.24, 2.45) is 0 Å². The Hall–Kier alpha value is -0.120. The summed E-state index contributed by atoms with van der Waals surface area (Å²) in [6, 6.07) is 0. The fraction of sp³-hybridized carbons (Fsp3) is 1.00. The van der Waals surface area contributed by atoms with Gasteiger partial charge in [0.2, 0.25) is 0 Å². The van der Waals surface area contributed by atoms with Crippen molar-refractivity contribution in [3.05, 3.63) is 0 Å². The Balaban J connectivity index is 3.55. The Morgan fingerprint density at radius 3 is 1.09 bits per heavy atom. The molecule has 0 bridgehead atoms. The van der Waals surface area contributed by atoms with Gasteiger partial charge in [0.15, 0.2) is 0 Å². The van der Waals surface area contributed by atoms with Crippen molar-refractivity contribution in [3.63, 3.8) is 0 Å². The van der Waals surface area contributed by atoms with E-state index < -0.39 is 0 Å². The summed E-state index contributed by atoms with van der Waals surface area (Å²) in [5.41, 5.74) is 0. The fourth-order valence-electron chi connectivity index (χ4n) is 5.14. The molecule has 0 saturated carbocycles. The van der Waals surface area contributed by atoms with Gasteiger partial charge in [0.05, 0.1) is 41.3 Å². The second kappa shape index (κ2) is 24.2. The zero-order valence-electron chi connectivity index (χ0n) is 25.7. The van der Waals surface area contributed by atoms with Crippen LogP contribution in [0, 0.1) is 0 Å². The van der Waals surface area contributed by atoms with Crippen molar-refractivity contribution < 1.29 is 14.0 Å². The van der Waals surface area contributed by atoms with Crippen LogP contribution < -0.4 is 0 Å². The first kappa shape index (κ1) is 34.9. The van der Waals surface area contributed by atoms with E-state index in [0.717, 1.165) is 17.8 Å². The maximum absolute atomic E-state index is 6.22. The third kappa shape index (κ3) is 26.7. The predicted octanol–water partition coefficient (Wildman–Crippen LogP) is 9.69. The molecule has 3 heteroatoms. The zero-order valence-corrected chi connectivity index (χ0v) is 25.7. The van der Waals surface area contributed by atoms with Crippen LogP contribution in [-0.4, -0.2) is 63.6 Å². The molecule has 0 unspecified atom stereocenters. The number of nitrogens with zero attached hydrogens (tertiary/aromatic N) is 2. The number of hydroxylamine groups is 3. The van der Waals surface area contributed by atoms with Crippen molar-refractivity contribution in [1.29, 1.82) is 0 Å². The van der Waals surface area contributed by atoms with E-state index in [2.05, 4.69) is 42.0 Å². The first-order valence-corrected chi connectivity index (χ1v) is 16.1. The first-order chi connectivity index (χ1) is 16.8. The lowest BCUT2D eigenvalue weighted by atomic mass is 10.1. The Morgan fingerprint density at radius 1 is 0.371 bits per heavy atom. The van der Waals surface area contributed by atoms with Crippen molar-refractivity contribution in [1.82, 2.24) is 0 Å². The maximum Gasteiger partial charge on any atom is 0.108 e. The van der Waals surface area contributed by atoms with E-state index in [4.69, 9.17) is 4.84 Å². The molecular weight excluding hydrogens is 428 g/mol. The minimum absolute atomic E-state index is 0.730. The van der Waals surface area contributed by atoms with Crippen LogP contribution in [-0.2, 0) is 4.84 Å². The number of hydrogen-bond donors (Lipinski definition) is 0. The summed E-state index contributed by atoms with van der Waals surface area (Å²) in [5, 5.41) is 0. The molecule has 0 rings (SSSR count). The molecule has 35 heavy (non-hydrogen) atoms. The van der Waals surface area contributed by atoms with Crippen LogP contribution in [0.25, 0.3) is 0 Å². The molecule has 0 aliphatic rings. The third-order valence-electron chi connectivity index (χ3n) is 7.77. The molecule has 0 aromatic carbocycles. The average Bonchev–Trinajstić information content (AvgIpc) is 2.81. The van der Waals surface area contributed by atoms with Gasteiger partial charge in [-0.2, -0.15) is 4.65 Å². The second-order valence-electron chi connectivity index (χ2n) is 12.6. The second-order valence-corrected chi connectivity index (χ2v) is 12.6. The monoisotopic (exact) mass is 499 g/mol. The lowest BCUT2D eigenvalue weighted by Crippen LogP contribution is -2.42. The van der Waals surface area contributed by atoms with Crippen molar-refractivity contribution in [3.8, 4) is 0 Å². The van der Waals surface area contributed by atoms with E-state index in [-0.39, 0.29) is 0 Å². The summed E-state index contributed by atoms with van der Waals surface area (Å²) in [5.74, 6) is 0. The van der Waals surface area contributed by atoms with Gasteiger partial charge in [0, 0.05) is 0 Å². The van der Waals surface area contributed by atoms with Crippen molar-refractivity contribution in [2.75, 3.05) is 54.4 Å². The Morgan fingerprint density at radius 2 is 0.686 bits per heavy atom. The molecule has 0 aromatic rings. The lowest BCUT2D eigenvalue weighted by molar-refractivity contribution is -1.08. The molecule has 0 spiro atoms. The summed E-state index contributed by atoms with van der Waals surface area (Å²) in [6.07, 6.45) is 30.8. The molecule has 0 aliphatic heterocycles.